The molecule has 7 heteroatoms. The van der Waals surface area contributed by atoms with Crippen molar-refractivity contribution < 1.29 is 4.79 Å². The monoisotopic (exact) mass is 364 g/mol. The number of hydrogen-bond acceptors (Lipinski definition) is 5. The van der Waals surface area contributed by atoms with E-state index in [1.165, 1.54) is 6.21 Å². The summed E-state index contributed by atoms with van der Waals surface area (Å²) in [5, 5.41) is 14.0. The molecule has 3 aliphatic rings. The Morgan fingerprint density at radius 3 is 2.85 bits per heavy atom. The zero-order chi connectivity index (χ0) is 19.4. The summed E-state index contributed by atoms with van der Waals surface area (Å²) in [7, 11) is 0. The van der Waals surface area contributed by atoms with Gasteiger partial charge in [0.05, 0.1) is 11.4 Å². The third-order valence-corrected chi connectivity index (χ3v) is 4.51. The summed E-state index contributed by atoms with van der Waals surface area (Å²) in [6.07, 6.45) is 13.7. The van der Waals surface area contributed by atoms with E-state index in [4.69, 9.17) is 11.1 Å². The Bertz CT molecular complexity index is 867. The third-order valence-electron chi connectivity index (χ3n) is 4.51. The van der Waals surface area contributed by atoms with Gasteiger partial charge in [-0.25, -0.2) is 4.99 Å². The van der Waals surface area contributed by atoms with E-state index in [1.807, 2.05) is 38.3 Å². The fourth-order valence-electron chi connectivity index (χ4n) is 2.92. The zero-order valence-electron chi connectivity index (χ0n) is 15.5. The summed E-state index contributed by atoms with van der Waals surface area (Å²) in [6, 6.07) is 0. The van der Waals surface area contributed by atoms with Crippen LogP contribution in [-0.4, -0.2) is 36.4 Å². The zero-order valence-corrected chi connectivity index (χ0v) is 15.5. The van der Waals surface area contributed by atoms with Crippen LogP contribution in [0, 0.1) is 11.3 Å². The molecule has 140 valence electrons. The van der Waals surface area contributed by atoms with E-state index in [1.54, 1.807) is 11.0 Å². The molecule has 7 nitrogen and oxygen atoms in total. The van der Waals surface area contributed by atoms with Gasteiger partial charge in [0.2, 0.25) is 6.41 Å². The molecule has 0 radical (unpaired) electrons. The molecule has 5 N–H and O–H groups in total. The molecule has 0 atom stereocenters. The van der Waals surface area contributed by atoms with Gasteiger partial charge < -0.3 is 26.7 Å². The van der Waals surface area contributed by atoms with Crippen LogP contribution in [0.3, 0.4) is 0 Å². The smallest absolute Gasteiger partial charge is 0.210 e. The van der Waals surface area contributed by atoms with Crippen LogP contribution in [0.25, 0.3) is 0 Å². The summed E-state index contributed by atoms with van der Waals surface area (Å²) < 4.78 is 0. The lowest BCUT2D eigenvalue weighted by Crippen LogP contribution is -2.27. The maximum Gasteiger partial charge on any atom is 0.210 e. The van der Waals surface area contributed by atoms with Crippen molar-refractivity contribution in [3.05, 3.63) is 70.5 Å². The highest BCUT2D eigenvalue weighted by Crippen LogP contribution is 2.25. The van der Waals surface area contributed by atoms with Gasteiger partial charge in [0, 0.05) is 25.5 Å². The molecule has 3 heterocycles. The van der Waals surface area contributed by atoms with Crippen molar-refractivity contribution in [2.24, 2.45) is 16.6 Å². The van der Waals surface area contributed by atoms with Gasteiger partial charge >= 0.3 is 0 Å². The number of fused-ring (bicyclic) bond motifs is 1. The maximum atomic E-state index is 10.9. The van der Waals surface area contributed by atoms with Gasteiger partial charge in [-0.15, -0.1) is 0 Å². The fraction of sp³-hybridized carbons (Fsp3) is 0.250. The highest BCUT2D eigenvalue weighted by atomic mass is 16.1. The SMILES string of the molecule is CC(C)C(C=N)=CC(N)=NC1=CC=C2NC=C(C3=CCN(C=O)C3)C=C2N1. The molecular weight excluding hydrogens is 340 g/mol. The Kier molecular flexibility index (Phi) is 5.40. The highest BCUT2D eigenvalue weighted by Gasteiger charge is 2.20. The lowest BCUT2D eigenvalue weighted by atomic mass is 10.0. The fourth-order valence-corrected chi connectivity index (χ4v) is 2.92. The highest BCUT2D eigenvalue weighted by molar-refractivity contribution is 5.97. The number of allylic oxidation sites excluding steroid dienone is 4. The molecule has 0 aromatic rings. The first kappa shape index (κ1) is 18.4. The maximum absolute atomic E-state index is 10.9. The number of rotatable bonds is 6. The minimum Gasteiger partial charge on any atom is -0.384 e. The summed E-state index contributed by atoms with van der Waals surface area (Å²) in [5.41, 5.74) is 10.8. The Balaban J connectivity index is 1.75. The van der Waals surface area contributed by atoms with Gasteiger partial charge in [0.25, 0.3) is 0 Å². The van der Waals surface area contributed by atoms with Gasteiger partial charge in [-0.1, -0.05) is 19.9 Å². The van der Waals surface area contributed by atoms with Crippen molar-refractivity contribution in [3.63, 3.8) is 0 Å². The van der Waals surface area contributed by atoms with Crippen molar-refractivity contribution in [2.45, 2.75) is 13.8 Å². The Morgan fingerprint density at radius 1 is 1.37 bits per heavy atom. The molecule has 27 heavy (non-hydrogen) atoms. The van der Waals surface area contributed by atoms with Gasteiger partial charge in [-0.2, -0.15) is 0 Å². The van der Waals surface area contributed by atoms with E-state index >= 15 is 0 Å². The number of nitrogens with two attached hydrogens (primary N) is 1. The topological polar surface area (TPSA) is 107 Å². The molecule has 0 aromatic carbocycles. The lowest BCUT2D eigenvalue weighted by Gasteiger charge is -2.23. The van der Waals surface area contributed by atoms with E-state index in [0.29, 0.717) is 24.7 Å². The number of hydrogen-bond donors (Lipinski definition) is 4. The predicted octanol–water partition coefficient (Wildman–Crippen LogP) is 1.67. The van der Waals surface area contributed by atoms with Crippen LogP contribution in [0.2, 0.25) is 0 Å². The van der Waals surface area contributed by atoms with Crippen LogP contribution in [0.5, 0.6) is 0 Å². The minimum atomic E-state index is 0.208. The van der Waals surface area contributed by atoms with Crippen LogP contribution >= 0.6 is 0 Å². The third kappa shape index (κ3) is 4.25. The normalized spacial score (nSPS) is 19.8. The standard InChI is InChI=1S/C20H24N6O/c1-13(2)15(9-21)8-19(22)25-20-4-3-17-18(24-20)7-16(10-23-17)14-5-6-26(11-14)12-27/h3-5,7-10,12-13,21,23-24H,6,11H2,1-2H3,(H2,22,25). The molecule has 3 aliphatic heterocycles. The number of amidine groups is 1. The second kappa shape index (κ2) is 7.90. The average Bonchev–Trinajstić information content (AvgIpc) is 3.14. The first-order valence-electron chi connectivity index (χ1n) is 8.83. The molecular formula is C20H24N6O. The summed E-state index contributed by atoms with van der Waals surface area (Å²) in [6.45, 7) is 5.26. The molecule has 0 saturated carbocycles. The minimum absolute atomic E-state index is 0.208. The summed E-state index contributed by atoms with van der Waals surface area (Å²) in [5.74, 6) is 1.18. The first-order chi connectivity index (χ1) is 13.0. The van der Waals surface area contributed by atoms with Crippen molar-refractivity contribution >= 4 is 18.5 Å². The van der Waals surface area contributed by atoms with Gasteiger partial charge in [-0.3, -0.25) is 4.79 Å². The largest absolute Gasteiger partial charge is 0.384 e. The van der Waals surface area contributed by atoms with E-state index in [-0.39, 0.29) is 5.92 Å². The van der Waals surface area contributed by atoms with Crippen LogP contribution in [0.4, 0.5) is 0 Å². The molecule has 0 aliphatic carbocycles. The number of carbonyl (C=O) groups is 1. The average molecular weight is 364 g/mol. The molecule has 0 spiro atoms. The number of dihydropyridines is 2. The van der Waals surface area contributed by atoms with Crippen LogP contribution < -0.4 is 16.4 Å². The molecule has 0 aromatic heterocycles. The molecule has 0 bridgehead atoms. The van der Waals surface area contributed by atoms with Crippen LogP contribution in [0.15, 0.2) is 75.5 Å². The quantitative estimate of drug-likeness (QED) is 0.327. The first-order valence-corrected chi connectivity index (χ1v) is 8.83. The lowest BCUT2D eigenvalue weighted by molar-refractivity contribution is -0.116. The molecule has 0 fully saturated rings. The number of amides is 1. The van der Waals surface area contributed by atoms with E-state index in [0.717, 1.165) is 34.5 Å². The van der Waals surface area contributed by atoms with E-state index in [2.05, 4.69) is 21.7 Å². The van der Waals surface area contributed by atoms with Crippen LogP contribution in [0.1, 0.15) is 13.8 Å². The van der Waals surface area contributed by atoms with Gasteiger partial charge in [-0.05, 0) is 46.9 Å². The Morgan fingerprint density at radius 2 is 2.19 bits per heavy atom. The molecule has 0 unspecified atom stereocenters. The molecule has 0 saturated heterocycles. The van der Waals surface area contributed by atoms with Crippen molar-refractivity contribution in [1.82, 2.24) is 15.5 Å². The summed E-state index contributed by atoms with van der Waals surface area (Å²) in [4.78, 5) is 17.0. The van der Waals surface area contributed by atoms with Crippen molar-refractivity contribution in [2.75, 3.05) is 13.1 Å². The Labute approximate surface area is 158 Å². The molecule has 3 rings (SSSR count). The summed E-state index contributed by atoms with van der Waals surface area (Å²) >= 11 is 0. The van der Waals surface area contributed by atoms with Gasteiger partial charge in [0.1, 0.15) is 11.7 Å². The van der Waals surface area contributed by atoms with Crippen molar-refractivity contribution in [3.8, 4) is 0 Å². The number of nitrogens with one attached hydrogen (secondary N) is 3. The van der Waals surface area contributed by atoms with E-state index in [9.17, 15) is 4.79 Å². The van der Waals surface area contributed by atoms with Crippen LogP contribution in [-0.2, 0) is 4.79 Å². The van der Waals surface area contributed by atoms with E-state index < -0.39 is 0 Å². The van der Waals surface area contributed by atoms with Crippen molar-refractivity contribution in [1.29, 1.82) is 5.41 Å². The second-order valence-electron chi connectivity index (χ2n) is 6.80. The number of nitrogens with zero attached hydrogens (tertiary/aromatic N) is 2. The van der Waals surface area contributed by atoms with Gasteiger partial charge in [0.15, 0.2) is 0 Å². The number of aliphatic imine (C=N–C) groups is 1. The number of carbonyl (C=O) groups excluding carboxylic acids is 1. The second-order valence-corrected chi connectivity index (χ2v) is 6.80. The predicted molar refractivity (Wildman–Crippen MR) is 108 cm³/mol. The Hall–Kier alpha value is -3.35. The molecule has 1 amide bonds.